The van der Waals surface area contributed by atoms with E-state index in [2.05, 4.69) is 69.3 Å². The molecule has 0 N–H and O–H groups in total. The minimum atomic E-state index is -2.74. The van der Waals surface area contributed by atoms with Crippen molar-refractivity contribution in [2.24, 2.45) is 5.92 Å². The van der Waals surface area contributed by atoms with Gasteiger partial charge in [0.2, 0.25) is 0 Å². The van der Waals surface area contributed by atoms with Gasteiger partial charge in [-0.25, -0.2) is 0 Å². The fourth-order valence-corrected chi connectivity index (χ4v) is 9.26. The Morgan fingerprint density at radius 3 is 1.84 bits per heavy atom. The molecule has 0 amide bonds. The lowest BCUT2D eigenvalue weighted by Crippen LogP contribution is -2.67. The molecule has 0 aliphatic carbocycles. The Kier molecular flexibility index (Phi) is 10.6. The van der Waals surface area contributed by atoms with Crippen LogP contribution in [-0.2, 0) is 30.0 Å². The lowest BCUT2D eigenvalue weighted by atomic mass is 10.0. The molecule has 2 atom stereocenters. The van der Waals surface area contributed by atoms with Crippen LogP contribution in [0.3, 0.4) is 0 Å². The SMILES string of the molecule is COC(=O)C[C@@H](C)[C@@H](CO[Si](c1ccccc1)(c1ccccc1)C(C)(C)C)OCOCc1ccccc1. The van der Waals surface area contributed by atoms with Crippen molar-refractivity contribution in [2.45, 2.75) is 51.9 Å². The van der Waals surface area contributed by atoms with Gasteiger partial charge in [0, 0.05) is 0 Å². The number of carbonyl (C=O) groups is 1. The first-order chi connectivity index (χ1) is 17.8. The highest BCUT2D eigenvalue weighted by Crippen LogP contribution is 2.37. The van der Waals surface area contributed by atoms with Crippen LogP contribution >= 0.6 is 0 Å². The van der Waals surface area contributed by atoms with Crippen molar-refractivity contribution < 1.29 is 23.4 Å². The van der Waals surface area contributed by atoms with Crippen molar-refractivity contribution in [3.05, 3.63) is 96.6 Å². The molecule has 0 saturated carbocycles. The molecule has 0 heterocycles. The number of carbonyl (C=O) groups excluding carboxylic acids is 1. The van der Waals surface area contributed by atoms with E-state index >= 15 is 0 Å². The van der Waals surface area contributed by atoms with Crippen molar-refractivity contribution in [2.75, 3.05) is 20.5 Å². The maximum atomic E-state index is 12.1. The van der Waals surface area contributed by atoms with E-state index in [-0.39, 0.29) is 36.2 Å². The minimum absolute atomic E-state index is 0.106. The van der Waals surface area contributed by atoms with Gasteiger partial charge in [0.25, 0.3) is 8.32 Å². The van der Waals surface area contributed by atoms with Crippen LogP contribution in [0.25, 0.3) is 0 Å². The third kappa shape index (κ3) is 7.62. The number of rotatable bonds is 13. The summed E-state index contributed by atoms with van der Waals surface area (Å²) in [5, 5.41) is 2.25. The second-order valence-corrected chi connectivity index (χ2v) is 14.7. The predicted octanol–water partition coefficient (Wildman–Crippen LogP) is 5.32. The number of benzene rings is 3. The summed E-state index contributed by atoms with van der Waals surface area (Å²) in [5.41, 5.74) is 1.08. The van der Waals surface area contributed by atoms with Crippen LogP contribution in [0.2, 0.25) is 5.04 Å². The van der Waals surface area contributed by atoms with Gasteiger partial charge in [0.15, 0.2) is 0 Å². The molecule has 0 fully saturated rings. The third-order valence-corrected chi connectivity index (χ3v) is 11.7. The molecule has 37 heavy (non-hydrogen) atoms. The van der Waals surface area contributed by atoms with Gasteiger partial charge < -0.3 is 18.6 Å². The molecule has 0 aliphatic rings. The van der Waals surface area contributed by atoms with Crippen LogP contribution < -0.4 is 10.4 Å². The van der Waals surface area contributed by atoms with Crippen LogP contribution in [0, 0.1) is 5.92 Å². The van der Waals surface area contributed by atoms with Crippen molar-refractivity contribution in [3.63, 3.8) is 0 Å². The van der Waals surface area contributed by atoms with E-state index < -0.39 is 8.32 Å². The number of hydrogen-bond acceptors (Lipinski definition) is 5. The van der Waals surface area contributed by atoms with Crippen LogP contribution in [0.15, 0.2) is 91.0 Å². The summed E-state index contributed by atoms with van der Waals surface area (Å²) < 4.78 is 24.1. The Labute approximate surface area is 222 Å². The molecule has 198 valence electrons. The molecule has 0 radical (unpaired) electrons. The van der Waals surface area contributed by atoms with E-state index in [1.807, 2.05) is 49.4 Å². The maximum absolute atomic E-state index is 12.1. The molecule has 0 spiro atoms. The van der Waals surface area contributed by atoms with E-state index in [1.165, 1.54) is 17.5 Å². The molecule has 6 heteroatoms. The van der Waals surface area contributed by atoms with Gasteiger partial charge in [-0.2, -0.15) is 0 Å². The third-order valence-electron chi connectivity index (χ3n) is 6.71. The lowest BCUT2D eigenvalue weighted by molar-refractivity contribution is -0.147. The fourth-order valence-electron chi connectivity index (χ4n) is 4.69. The maximum Gasteiger partial charge on any atom is 0.305 e. The first-order valence-corrected chi connectivity index (χ1v) is 14.7. The van der Waals surface area contributed by atoms with E-state index in [0.717, 1.165) is 5.56 Å². The van der Waals surface area contributed by atoms with E-state index in [1.54, 1.807) is 0 Å². The van der Waals surface area contributed by atoms with E-state index in [0.29, 0.717) is 13.2 Å². The Balaban J connectivity index is 1.85. The topological polar surface area (TPSA) is 54.0 Å². The standard InChI is InChI=1S/C31H40O5Si/c1-25(21-30(32)33-5)29(35-24-34-22-26-15-9-6-10-16-26)23-36-37(31(2,3)4,27-17-11-7-12-18-27)28-19-13-8-14-20-28/h6-20,25,29H,21-24H2,1-5H3/t25-,29-/m1/s1. The summed E-state index contributed by atoms with van der Waals surface area (Å²) in [7, 11) is -1.33. The van der Waals surface area contributed by atoms with E-state index in [9.17, 15) is 4.79 Å². The molecule has 3 aromatic carbocycles. The molecular formula is C31H40O5Si. The van der Waals surface area contributed by atoms with Gasteiger partial charge in [-0.1, -0.05) is 119 Å². The quantitative estimate of drug-likeness (QED) is 0.132. The van der Waals surface area contributed by atoms with Gasteiger partial charge in [0.1, 0.15) is 6.79 Å². The molecule has 0 unspecified atom stereocenters. The molecule has 0 saturated heterocycles. The lowest BCUT2D eigenvalue weighted by Gasteiger charge is -2.44. The average Bonchev–Trinajstić information content (AvgIpc) is 2.91. The first kappa shape index (κ1) is 28.8. The van der Waals surface area contributed by atoms with Crippen molar-refractivity contribution >= 4 is 24.7 Å². The van der Waals surface area contributed by atoms with Gasteiger partial charge in [-0.05, 0) is 26.9 Å². The molecule has 3 rings (SSSR count). The van der Waals surface area contributed by atoms with Crippen molar-refractivity contribution in [3.8, 4) is 0 Å². The van der Waals surface area contributed by atoms with Gasteiger partial charge >= 0.3 is 5.97 Å². The largest absolute Gasteiger partial charge is 0.469 e. The minimum Gasteiger partial charge on any atom is -0.469 e. The number of esters is 1. The zero-order chi connectivity index (χ0) is 26.7. The summed E-state index contributed by atoms with van der Waals surface area (Å²) in [4.78, 5) is 12.1. The summed E-state index contributed by atoms with van der Waals surface area (Å²) in [6.07, 6.45) is -0.110. The van der Waals surface area contributed by atoms with Gasteiger partial charge in [0.05, 0.1) is 32.8 Å². The number of methoxy groups -OCH3 is 1. The molecule has 0 aliphatic heterocycles. The summed E-state index contributed by atoms with van der Waals surface area (Å²) in [6, 6.07) is 31.0. The Morgan fingerprint density at radius 1 is 0.838 bits per heavy atom. The van der Waals surface area contributed by atoms with Crippen molar-refractivity contribution in [1.29, 1.82) is 0 Å². The Morgan fingerprint density at radius 2 is 1.35 bits per heavy atom. The molecule has 3 aromatic rings. The normalized spacial score (nSPS) is 13.6. The Hall–Kier alpha value is -2.77. The number of hydrogen-bond donors (Lipinski definition) is 0. The second-order valence-electron chi connectivity index (χ2n) is 10.4. The Bertz CT molecular complexity index is 1030. The van der Waals surface area contributed by atoms with Gasteiger partial charge in [-0.15, -0.1) is 0 Å². The monoisotopic (exact) mass is 520 g/mol. The van der Waals surface area contributed by atoms with Crippen LogP contribution in [0.4, 0.5) is 0 Å². The predicted molar refractivity (Wildman–Crippen MR) is 150 cm³/mol. The second kappa shape index (κ2) is 13.7. The van der Waals surface area contributed by atoms with Crippen LogP contribution in [-0.4, -0.2) is 40.9 Å². The van der Waals surface area contributed by atoms with Gasteiger partial charge in [-0.3, -0.25) is 4.79 Å². The molecule has 5 nitrogen and oxygen atoms in total. The zero-order valence-electron chi connectivity index (χ0n) is 22.7. The number of ether oxygens (including phenoxy) is 3. The first-order valence-electron chi connectivity index (χ1n) is 12.8. The summed E-state index contributed by atoms with van der Waals surface area (Å²) in [6.45, 7) is 9.62. The highest BCUT2D eigenvalue weighted by molar-refractivity contribution is 6.99. The summed E-state index contributed by atoms with van der Waals surface area (Å²) >= 11 is 0. The van der Waals surface area contributed by atoms with Crippen molar-refractivity contribution in [1.82, 2.24) is 0 Å². The van der Waals surface area contributed by atoms with Crippen LogP contribution in [0.1, 0.15) is 39.7 Å². The molecule has 0 bridgehead atoms. The fraction of sp³-hybridized carbons (Fsp3) is 0.387. The smallest absolute Gasteiger partial charge is 0.305 e. The average molecular weight is 521 g/mol. The molecular weight excluding hydrogens is 480 g/mol. The highest BCUT2D eigenvalue weighted by Gasteiger charge is 2.50. The summed E-state index contributed by atoms with van der Waals surface area (Å²) in [5.74, 6) is -0.386. The highest BCUT2D eigenvalue weighted by atomic mass is 28.4. The molecule has 0 aromatic heterocycles. The van der Waals surface area contributed by atoms with Crippen LogP contribution in [0.5, 0.6) is 0 Å². The zero-order valence-corrected chi connectivity index (χ0v) is 23.7. The van der Waals surface area contributed by atoms with E-state index in [4.69, 9.17) is 18.6 Å².